The number of aromatic nitrogens is 4. The Morgan fingerprint density at radius 1 is 1.43 bits per heavy atom. The van der Waals surface area contributed by atoms with Crippen molar-refractivity contribution >= 4 is 33.5 Å². The summed E-state index contributed by atoms with van der Waals surface area (Å²) in [5.74, 6) is 0.798. The zero-order valence-electron chi connectivity index (χ0n) is 6.85. The smallest absolute Gasteiger partial charge is 0.239 e. The normalized spacial score (nSPS) is 10.4. The molecule has 0 atom stereocenters. The summed E-state index contributed by atoms with van der Waals surface area (Å²) in [6.07, 6.45) is 3.01. The van der Waals surface area contributed by atoms with Gasteiger partial charge in [0.05, 0.1) is 9.50 Å². The molecule has 2 aromatic rings. The van der Waals surface area contributed by atoms with E-state index in [1.807, 2.05) is 0 Å². The molecule has 2 rings (SSSR count). The third kappa shape index (κ3) is 1.71. The molecule has 0 bridgehead atoms. The fourth-order valence-corrected chi connectivity index (χ4v) is 1.77. The maximum Gasteiger partial charge on any atom is 0.239 e. The summed E-state index contributed by atoms with van der Waals surface area (Å²) in [6.45, 7) is 0. The summed E-state index contributed by atoms with van der Waals surface area (Å²) in [5, 5.41) is 4.47. The lowest BCUT2D eigenvalue weighted by molar-refractivity contribution is 0.844. The molecule has 0 unspecified atom stereocenters. The molecular formula is C7H5BrClN5. The van der Waals surface area contributed by atoms with Crippen molar-refractivity contribution in [1.29, 1.82) is 0 Å². The van der Waals surface area contributed by atoms with Crippen LogP contribution in [0.5, 0.6) is 0 Å². The van der Waals surface area contributed by atoms with Gasteiger partial charge in [0.1, 0.15) is 6.33 Å². The molecule has 0 saturated heterocycles. The second-order valence-corrected chi connectivity index (χ2v) is 3.80. The van der Waals surface area contributed by atoms with Crippen LogP contribution in [0.3, 0.4) is 0 Å². The van der Waals surface area contributed by atoms with Crippen molar-refractivity contribution in [2.45, 2.75) is 0 Å². The summed E-state index contributed by atoms with van der Waals surface area (Å²) in [7, 11) is 0. The maximum atomic E-state index is 5.75. The van der Waals surface area contributed by atoms with Crippen LogP contribution in [0.4, 0.5) is 5.95 Å². The number of hydrogen-bond acceptors (Lipinski definition) is 4. The minimum Gasteiger partial charge on any atom is -0.366 e. The average molecular weight is 275 g/mol. The van der Waals surface area contributed by atoms with Gasteiger partial charge in [-0.25, -0.2) is 9.97 Å². The van der Waals surface area contributed by atoms with Crippen LogP contribution < -0.4 is 5.73 Å². The van der Waals surface area contributed by atoms with Crippen molar-refractivity contribution < 1.29 is 0 Å². The van der Waals surface area contributed by atoms with E-state index in [-0.39, 0.29) is 5.95 Å². The van der Waals surface area contributed by atoms with Crippen molar-refractivity contribution in [1.82, 2.24) is 19.7 Å². The van der Waals surface area contributed by atoms with E-state index < -0.39 is 0 Å². The predicted molar refractivity (Wildman–Crippen MR) is 56.3 cm³/mol. The zero-order valence-corrected chi connectivity index (χ0v) is 9.20. The van der Waals surface area contributed by atoms with Crippen molar-refractivity contribution in [2.24, 2.45) is 0 Å². The minimum absolute atomic E-state index is 0.202. The lowest BCUT2D eigenvalue weighted by Gasteiger charge is -2.01. The number of hydrogen-bond donors (Lipinski definition) is 1. The summed E-state index contributed by atoms with van der Waals surface area (Å²) < 4.78 is 2.20. The molecular weight excluding hydrogens is 269 g/mol. The van der Waals surface area contributed by atoms with Gasteiger partial charge >= 0.3 is 0 Å². The molecule has 14 heavy (non-hydrogen) atoms. The summed E-state index contributed by atoms with van der Waals surface area (Å²) in [4.78, 5) is 7.88. The lowest BCUT2D eigenvalue weighted by atomic mass is 10.5. The Labute approximate surface area is 93.0 Å². The Morgan fingerprint density at radius 2 is 2.21 bits per heavy atom. The van der Waals surface area contributed by atoms with Crippen molar-refractivity contribution in [3.63, 3.8) is 0 Å². The van der Waals surface area contributed by atoms with Gasteiger partial charge in [-0.1, -0.05) is 11.6 Å². The van der Waals surface area contributed by atoms with Crippen LogP contribution in [-0.4, -0.2) is 19.7 Å². The van der Waals surface area contributed by atoms with Gasteiger partial charge in [-0.15, -0.1) is 5.10 Å². The van der Waals surface area contributed by atoms with Gasteiger partial charge in [0.2, 0.25) is 5.95 Å². The number of nitrogen functional groups attached to an aromatic ring is 1. The average Bonchev–Trinajstić information content (AvgIpc) is 2.51. The topological polar surface area (TPSA) is 69.6 Å². The molecule has 2 heterocycles. The van der Waals surface area contributed by atoms with E-state index >= 15 is 0 Å². The predicted octanol–water partition coefficient (Wildman–Crippen LogP) is 1.66. The highest BCUT2D eigenvalue weighted by Crippen LogP contribution is 2.21. The Bertz CT molecular complexity index is 469. The molecule has 5 nitrogen and oxygen atoms in total. The molecule has 2 aromatic heterocycles. The number of anilines is 1. The second-order valence-electron chi connectivity index (χ2n) is 2.51. The largest absolute Gasteiger partial charge is 0.366 e. The van der Waals surface area contributed by atoms with Crippen LogP contribution in [-0.2, 0) is 0 Å². The third-order valence-corrected chi connectivity index (χ3v) is 2.31. The number of nitrogens with zero attached hydrogens (tertiary/aromatic N) is 4. The molecule has 0 spiro atoms. The standard InChI is InChI=1S/C7H5BrClN5/c8-5-1-4(9)2-11-6(5)14-3-12-7(10)13-14/h1-3H,(H2,10,13). The molecule has 0 fully saturated rings. The van der Waals surface area contributed by atoms with Gasteiger partial charge in [-0.2, -0.15) is 4.68 Å². The van der Waals surface area contributed by atoms with Gasteiger partial charge in [-0.05, 0) is 22.0 Å². The second kappa shape index (κ2) is 3.55. The van der Waals surface area contributed by atoms with E-state index in [1.54, 1.807) is 6.07 Å². The highest BCUT2D eigenvalue weighted by molar-refractivity contribution is 9.10. The van der Waals surface area contributed by atoms with Gasteiger partial charge in [-0.3, -0.25) is 0 Å². The molecule has 7 heteroatoms. The lowest BCUT2D eigenvalue weighted by Crippen LogP contribution is -2.00. The quantitative estimate of drug-likeness (QED) is 0.858. The van der Waals surface area contributed by atoms with Gasteiger partial charge in [0.25, 0.3) is 0 Å². The van der Waals surface area contributed by atoms with E-state index in [2.05, 4.69) is 31.0 Å². The Balaban J connectivity index is 2.52. The Morgan fingerprint density at radius 3 is 2.79 bits per heavy atom. The SMILES string of the molecule is Nc1ncn(-c2ncc(Cl)cc2Br)n1. The van der Waals surface area contributed by atoms with E-state index in [4.69, 9.17) is 17.3 Å². The first kappa shape index (κ1) is 9.42. The third-order valence-electron chi connectivity index (χ3n) is 1.51. The first-order chi connectivity index (χ1) is 6.66. The van der Waals surface area contributed by atoms with E-state index in [9.17, 15) is 0 Å². The molecule has 72 valence electrons. The first-order valence-electron chi connectivity index (χ1n) is 3.65. The first-order valence-corrected chi connectivity index (χ1v) is 4.82. The van der Waals surface area contributed by atoms with Crippen molar-refractivity contribution in [3.05, 3.63) is 28.1 Å². The number of pyridine rings is 1. The van der Waals surface area contributed by atoms with Crippen LogP contribution in [0.25, 0.3) is 5.82 Å². The highest BCUT2D eigenvalue weighted by Gasteiger charge is 2.06. The molecule has 0 aromatic carbocycles. The number of halogens is 2. The van der Waals surface area contributed by atoms with Crippen LogP contribution in [0, 0.1) is 0 Å². The van der Waals surface area contributed by atoms with Crippen LogP contribution in [0.15, 0.2) is 23.1 Å². The van der Waals surface area contributed by atoms with E-state index in [1.165, 1.54) is 17.2 Å². The molecule has 0 aliphatic heterocycles. The molecule has 0 radical (unpaired) electrons. The Hall–Kier alpha value is -1.14. The highest BCUT2D eigenvalue weighted by atomic mass is 79.9. The minimum atomic E-state index is 0.202. The Kier molecular flexibility index (Phi) is 2.39. The van der Waals surface area contributed by atoms with Crippen LogP contribution in [0.1, 0.15) is 0 Å². The van der Waals surface area contributed by atoms with Gasteiger partial charge < -0.3 is 5.73 Å². The van der Waals surface area contributed by atoms with Crippen LogP contribution >= 0.6 is 27.5 Å². The summed E-state index contributed by atoms with van der Waals surface area (Å²) >= 11 is 9.06. The molecule has 0 amide bonds. The fraction of sp³-hybridized carbons (Fsp3) is 0. The molecule has 0 aliphatic rings. The van der Waals surface area contributed by atoms with E-state index in [0.717, 1.165) is 4.47 Å². The number of rotatable bonds is 1. The zero-order chi connectivity index (χ0) is 10.1. The molecule has 0 aliphatic carbocycles. The summed E-state index contributed by atoms with van der Waals surface area (Å²) in [5.41, 5.74) is 5.38. The van der Waals surface area contributed by atoms with Crippen molar-refractivity contribution in [2.75, 3.05) is 5.73 Å². The van der Waals surface area contributed by atoms with Gasteiger partial charge in [0.15, 0.2) is 5.82 Å². The molecule has 0 saturated carbocycles. The monoisotopic (exact) mass is 273 g/mol. The summed E-state index contributed by atoms with van der Waals surface area (Å²) in [6, 6.07) is 1.72. The van der Waals surface area contributed by atoms with Crippen molar-refractivity contribution in [3.8, 4) is 5.82 Å². The van der Waals surface area contributed by atoms with E-state index in [0.29, 0.717) is 10.8 Å². The fourth-order valence-electron chi connectivity index (χ4n) is 0.954. The van der Waals surface area contributed by atoms with Crippen LogP contribution in [0.2, 0.25) is 5.02 Å². The molecule has 2 N–H and O–H groups in total. The number of nitrogens with two attached hydrogens (primary N) is 1. The maximum absolute atomic E-state index is 5.75. The van der Waals surface area contributed by atoms with Gasteiger partial charge in [0, 0.05) is 6.20 Å².